The normalized spacial score (nSPS) is 16.0. The van der Waals surface area contributed by atoms with Gasteiger partial charge in [-0.15, -0.1) is 0 Å². The minimum atomic E-state index is 0.139. The first-order valence-corrected chi connectivity index (χ1v) is 8.38. The van der Waals surface area contributed by atoms with Gasteiger partial charge in [-0.2, -0.15) is 0 Å². The van der Waals surface area contributed by atoms with E-state index in [1.54, 1.807) is 0 Å². The summed E-state index contributed by atoms with van der Waals surface area (Å²) in [6, 6.07) is 8.55. The Balaban J connectivity index is 1.80. The Morgan fingerprint density at radius 2 is 1.73 bits per heavy atom. The maximum Gasteiger partial charge on any atom is 0.223 e. The van der Waals surface area contributed by atoms with Crippen molar-refractivity contribution >= 4 is 5.91 Å². The van der Waals surface area contributed by atoms with Crippen molar-refractivity contribution in [2.75, 3.05) is 26.3 Å². The fraction of sp³-hybridized carbons (Fsp3) is 0.611. The highest BCUT2D eigenvalue weighted by atomic mass is 16.5. The zero-order valence-corrected chi connectivity index (χ0v) is 13.8. The van der Waals surface area contributed by atoms with Crippen LogP contribution in [0.3, 0.4) is 0 Å². The average molecular weight is 304 g/mol. The lowest BCUT2D eigenvalue weighted by Gasteiger charge is -2.26. The summed E-state index contributed by atoms with van der Waals surface area (Å²) in [7, 11) is 0. The van der Waals surface area contributed by atoms with Gasteiger partial charge in [-0.3, -0.25) is 9.69 Å². The topological polar surface area (TPSA) is 41.6 Å². The van der Waals surface area contributed by atoms with Crippen LogP contribution in [0.4, 0.5) is 0 Å². The van der Waals surface area contributed by atoms with E-state index in [-0.39, 0.29) is 11.8 Å². The van der Waals surface area contributed by atoms with Crippen molar-refractivity contribution in [2.24, 2.45) is 5.92 Å². The van der Waals surface area contributed by atoms with Gasteiger partial charge in [0.05, 0.1) is 13.2 Å². The second-order valence-corrected chi connectivity index (χ2v) is 5.94. The molecule has 22 heavy (non-hydrogen) atoms. The molecule has 1 fully saturated rings. The SMILES string of the molecule is CCC(CC)C(=O)NCc1ccc(CN2CCOCC2)cc1. The molecule has 122 valence electrons. The van der Waals surface area contributed by atoms with Gasteiger partial charge < -0.3 is 10.1 Å². The molecule has 1 saturated heterocycles. The van der Waals surface area contributed by atoms with Gasteiger partial charge in [-0.1, -0.05) is 38.1 Å². The largest absolute Gasteiger partial charge is 0.379 e. The maximum absolute atomic E-state index is 12.0. The van der Waals surface area contributed by atoms with Gasteiger partial charge in [0.25, 0.3) is 0 Å². The van der Waals surface area contributed by atoms with Crippen molar-refractivity contribution in [1.29, 1.82) is 0 Å². The predicted octanol–water partition coefficient (Wildman–Crippen LogP) is 2.57. The minimum absolute atomic E-state index is 0.139. The highest BCUT2D eigenvalue weighted by molar-refractivity contribution is 5.78. The minimum Gasteiger partial charge on any atom is -0.379 e. The number of hydrogen-bond acceptors (Lipinski definition) is 3. The molecule has 1 N–H and O–H groups in total. The van der Waals surface area contributed by atoms with Crippen molar-refractivity contribution in [3.8, 4) is 0 Å². The highest BCUT2D eigenvalue weighted by Crippen LogP contribution is 2.11. The van der Waals surface area contributed by atoms with E-state index in [9.17, 15) is 4.79 Å². The third-order valence-corrected chi connectivity index (χ3v) is 4.36. The first-order valence-electron chi connectivity index (χ1n) is 8.38. The molecule has 4 nitrogen and oxygen atoms in total. The van der Waals surface area contributed by atoms with Crippen molar-refractivity contribution in [3.05, 3.63) is 35.4 Å². The monoisotopic (exact) mass is 304 g/mol. The van der Waals surface area contributed by atoms with Crippen LogP contribution >= 0.6 is 0 Å². The lowest BCUT2D eigenvalue weighted by atomic mass is 10.0. The molecule has 1 aliphatic rings. The van der Waals surface area contributed by atoms with Crippen LogP contribution in [0.5, 0.6) is 0 Å². The molecule has 1 amide bonds. The number of rotatable bonds is 7. The Hall–Kier alpha value is -1.39. The number of carbonyl (C=O) groups excluding carboxylic acids is 1. The van der Waals surface area contributed by atoms with E-state index < -0.39 is 0 Å². The van der Waals surface area contributed by atoms with Crippen LogP contribution in [-0.4, -0.2) is 37.1 Å². The first-order chi connectivity index (χ1) is 10.7. The van der Waals surface area contributed by atoms with Gasteiger partial charge >= 0.3 is 0 Å². The van der Waals surface area contributed by atoms with Crippen molar-refractivity contribution in [2.45, 2.75) is 39.8 Å². The summed E-state index contributed by atoms with van der Waals surface area (Å²) >= 11 is 0. The van der Waals surface area contributed by atoms with Crippen molar-refractivity contribution in [3.63, 3.8) is 0 Å². The molecule has 1 aliphatic heterocycles. The number of hydrogen-bond donors (Lipinski definition) is 1. The van der Waals surface area contributed by atoms with Gasteiger partial charge in [-0.25, -0.2) is 0 Å². The molecule has 0 bridgehead atoms. The number of morpholine rings is 1. The molecule has 0 aromatic heterocycles. The molecule has 1 heterocycles. The Morgan fingerprint density at radius 1 is 1.14 bits per heavy atom. The molecule has 0 atom stereocenters. The number of benzene rings is 1. The van der Waals surface area contributed by atoms with E-state index in [4.69, 9.17) is 4.74 Å². The second-order valence-electron chi connectivity index (χ2n) is 5.94. The number of ether oxygens (including phenoxy) is 1. The van der Waals surface area contributed by atoms with Gasteiger partial charge in [0.1, 0.15) is 0 Å². The summed E-state index contributed by atoms with van der Waals surface area (Å²) in [6.07, 6.45) is 1.81. The molecule has 2 rings (SSSR count). The first kappa shape index (κ1) is 17.0. The van der Waals surface area contributed by atoms with Crippen LogP contribution in [0.1, 0.15) is 37.8 Å². The average Bonchev–Trinajstić information content (AvgIpc) is 2.56. The fourth-order valence-electron chi connectivity index (χ4n) is 2.77. The van der Waals surface area contributed by atoms with Crippen LogP contribution in [0, 0.1) is 5.92 Å². The highest BCUT2D eigenvalue weighted by Gasteiger charge is 2.13. The van der Waals surface area contributed by atoms with E-state index in [0.717, 1.165) is 51.3 Å². The molecule has 4 heteroatoms. The molecule has 0 saturated carbocycles. The smallest absolute Gasteiger partial charge is 0.223 e. The number of amides is 1. The lowest BCUT2D eigenvalue weighted by molar-refractivity contribution is -0.125. The Labute approximate surface area is 133 Å². The second kappa shape index (κ2) is 8.91. The molecular formula is C18H28N2O2. The summed E-state index contributed by atoms with van der Waals surface area (Å²) in [5.41, 5.74) is 2.47. The molecule has 0 aliphatic carbocycles. The van der Waals surface area contributed by atoms with Gasteiger partial charge in [0, 0.05) is 32.1 Å². The van der Waals surface area contributed by atoms with Gasteiger partial charge in [0.15, 0.2) is 0 Å². The van der Waals surface area contributed by atoms with Crippen molar-refractivity contribution in [1.82, 2.24) is 10.2 Å². The molecular weight excluding hydrogens is 276 g/mol. The zero-order valence-electron chi connectivity index (χ0n) is 13.8. The van der Waals surface area contributed by atoms with Crippen LogP contribution in [-0.2, 0) is 22.6 Å². The number of carbonyl (C=O) groups is 1. The Morgan fingerprint density at radius 3 is 2.32 bits per heavy atom. The molecule has 0 spiro atoms. The number of nitrogens with one attached hydrogen (secondary N) is 1. The van der Waals surface area contributed by atoms with E-state index in [1.165, 1.54) is 5.56 Å². The molecule has 1 aromatic rings. The summed E-state index contributed by atoms with van der Waals surface area (Å²) < 4.78 is 5.37. The Kier molecular flexibility index (Phi) is 6.87. The molecule has 0 radical (unpaired) electrons. The predicted molar refractivity (Wildman–Crippen MR) is 88.5 cm³/mol. The summed E-state index contributed by atoms with van der Waals surface area (Å²) in [5, 5.41) is 3.04. The van der Waals surface area contributed by atoms with Gasteiger partial charge in [-0.05, 0) is 24.0 Å². The summed E-state index contributed by atoms with van der Waals surface area (Å²) in [4.78, 5) is 14.4. The summed E-state index contributed by atoms with van der Waals surface area (Å²) in [5.74, 6) is 0.308. The zero-order chi connectivity index (χ0) is 15.8. The number of nitrogens with zero attached hydrogens (tertiary/aromatic N) is 1. The maximum atomic E-state index is 12.0. The van der Waals surface area contributed by atoms with E-state index >= 15 is 0 Å². The molecule has 1 aromatic carbocycles. The third-order valence-electron chi connectivity index (χ3n) is 4.36. The van der Waals surface area contributed by atoms with Crippen LogP contribution in [0.25, 0.3) is 0 Å². The van der Waals surface area contributed by atoms with Crippen molar-refractivity contribution < 1.29 is 9.53 Å². The van der Waals surface area contributed by atoms with Gasteiger partial charge in [0.2, 0.25) is 5.91 Å². The van der Waals surface area contributed by atoms with E-state index in [0.29, 0.717) is 6.54 Å². The van der Waals surface area contributed by atoms with Crippen LogP contribution in [0.15, 0.2) is 24.3 Å². The van der Waals surface area contributed by atoms with Crippen LogP contribution in [0.2, 0.25) is 0 Å². The Bertz CT molecular complexity index is 449. The molecule has 0 unspecified atom stereocenters. The fourth-order valence-corrected chi connectivity index (χ4v) is 2.77. The standard InChI is InChI=1S/C18H28N2O2/c1-3-17(4-2)18(21)19-13-15-5-7-16(8-6-15)14-20-9-11-22-12-10-20/h5-8,17H,3-4,9-14H2,1-2H3,(H,19,21). The third kappa shape index (κ3) is 5.11. The van der Waals surface area contributed by atoms with E-state index in [1.807, 2.05) is 0 Å². The van der Waals surface area contributed by atoms with Crippen LogP contribution < -0.4 is 5.32 Å². The quantitative estimate of drug-likeness (QED) is 0.842. The lowest BCUT2D eigenvalue weighted by Crippen LogP contribution is -2.35. The van der Waals surface area contributed by atoms with E-state index in [2.05, 4.69) is 48.3 Å². The summed E-state index contributed by atoms with van der Waals surface area (Å²) in [6.45, 7) is 9.40.